The molecule has 0 saturated heterocycles. The molecule has 0 aliphatic rings. The van der Waals surface area contributed by atoms with Crippen LogP contribution < -0.4 is 5.19 Å². The quantitative estimate of drug-likeness (QED) is 0.131. The maximum atomic E-state index is 6.82. The molecule has 0 aliphatic carbocycles. The third-order valence-corrected chi connectivity index (χ3v) is 13.7. The molecule has 8 aromatic carbocycles. The molecule has 0 N–H and O–H groups in total. The van der Waals surface area contributed by atoms with Gasteiger partial charge in [-0.3, -0.25) is 4.98 Å². The molecule has 0 fully saturated rings. The molecule has 4 nitrogen and oxygen atoms in total. The Labute approximate surface area is 368 Å². The smallest absolute Gasteiger partial charge is 0.121 e. The summed E-state index contributed by atoms with van der Waals surface area (Å²) in [6.07, 6.45) is 1.79. The molecule has 4 aromatic heterocycles. The van der Waals surface area contributed by atoms with Crippen LogP contribution in [0, 0.1) is 12.1 Å². The number of fused-ring (bicyclic) bond motifs is 11. The topological polar surface area (TPSA) is 43.3 Å². The summed E-state index contributed by atoms with van der Waals surface area (Å²) < 4.78 is 9.16. The number of hydrogen-bond acceptors (Lipinski definition) is 3. The second kappa shape index (κ2) is 15.4. The fourth-order valence-electron chi connectivity index (χ4n) is 8.74. The third-order valence-electron chi connectivity index (χ3n) is 11.7. The van der Waals surface area contributed by atoms with E-state index in [2.05, 4.69) is 169 Å². The first kappa shape index (κ1) is 38.5. The Morgan fingerprint density at radius 2 is 1.23 bits per heavy atom. The Morgan fingerprint density at radius 1 is 0.541 bits per heavy atom. The predicted octanol–water partition coefficient (Wildman–Crippen LogP) is 14.1. The van der Waals surface area contributed by atoms with E-state index in [-0.39, 0.29) is 20.1 Å². The van der Waals surface area contributed by atoms with E-state index < -0.39 is 8.07 Å². The van der Waals surface area contributed by atoms with Crippen LogP contribution in [-0.2, 0) is 20.1 Å². The van der Waals surface area contributed by atoms with E-state index in [1.807, 2.05) is 48.5 Å². The summed E-state index contributed by atoms with van der Waals surface area (Å²) in [7, 11) is -1.46. The van der Waals surface area contributed by atoms with Crippen LogP contribution in [0.2, 0.25) is 19.6 Å². The second-order valence-corrected chi connectivity index (χ2v) is 21.5. The monoisotopic (exact) mass is 978 g/mol. The molecule has 0 amide bonds. The van der Waals surface area contributed by atoms with Gasteiger partial charge < -0.3 is 13.8 Å². The molecule has 12 aromatic rings. The molecule has 12 rings (SSSR count). The van der Waals surface area contributed by atoms with Crippen LogP contribution in [0.4, 0.5) is 0 Å². The Kier molecular flexibility index (Phi) is 9.72. The molecular weight excluding hydrogens is 939 g/mol. The summed E-state index contributed by atoms with van der Waals surface area (Å²) in [4.78, 5) is 9.60. The first-order valence-electron chi connectivity index (χ1n) is 20.4. The van der Waals surface area contributed by atoms with Gasteiger partial charge in [-0.05, 0) is 68.3 Å². The van der Waals surface area contributed by atoms with Crippen LogP contribution in [0.25, 0.3) is 104 Å². The fraction of sp³-hybridized carbons (Fsp3) is 0.0545. The van der Waals surface area contributed by atoms with Gasteiger partial charge in [-0.25, -0.2) is 0 Å². The molecule has 295 valence electrons. The predicted molar refractivity (Wildman–Crippen MR) is 255 cm³/mol. The average molecular weight is 978 g/mol. The van der Waals surface area contributed by atoms with Gasteiger partial charge >= 0.3 is 0 Å². The van der Waals surface area contributed by atoms with Gasteiger partial charge in [0.1, 0.15) is 5.58 Å². The van der Waals surface area contributed by atoms with Gasteiger partial charge in [0.15, 0.2) is 0 Å². The van der Waals surface area contributed by atoms with Gasteiger partial charge in [0.2, 0.25) is 0 Å². The van der Waals surface area contributed by atoms with Gasteiger partial charge in [0, 0.05) is 48.0 Å². The molecule has 0 aliphatic heterocycles. The number of furan rings is 1. The van der Waals surface area contributed by atoms with E-state index in [0.717, 1.165) is 71.9 Å². The number of rotatable bonds is 3. The van der Waals surface area contributed by atoms with Crippen molar-refractivity contribution in [2.45, 2.75) is 19.6 Å². The van der Waals surface area contributed by atoms with Crippen LogP contribution in [0.15, 0.2) is 187 Å². The number of pyridine rings is 1. The standard InChI is InChI=1S/C44H31N2OSi.C11H8N.Ir/c1-48(2,3)29-23-22-27-25-38-36-18-10-19-37(43(36)47-41(38)26-28(27)24-29)44-45-39-20-11-17-35-33-15-7-5-13-31(33)30-12-4-6-14-32(30)34-16-8-9-21-40(34)46(44)42(35)39;1-2-6-10(7-3-1)11-8-4-5-9-12-11;/h4-18,20-26H,1-3H3;1-6,8-9H;/q2*-1;. The van der Waals surface area contributed by atoms with Crippen molar-refractivity contribution in [2.75, 3.05) is 0 Å². The first-order valence-corrected chi connectivity index (χ1v) is 23.9. The summed E-state index contributed by atoms with van der Waals surface area (Å²) in [5, 5.41) is 13.2. The number of nitrogens with zero attached hydrogens (tertiary/aromatic N) is 3. The van der Waals surface area contributed by atoms with E-state index in [1.165, 1.54) is 37.5 Å². The summed E-state index contributed by atoms with van der Waals surface area (Å²) in [6.45, 7) is 7.18. The van der Waals surface area contributed by atoms with Crippen molar-refractivity contribution in [3.8, 4) is 22.6 Å². The van der Waals surface area contributed by atoms with Crippen LogP contribution in [0.3, 0.4) is 0 Å². The van der Waals surface area contributed by atoms with Gasteiger partial charge in [0.25, 0.3) is 0 Å². The van der Waals surface area contributed by atoms with Crippen molar-refractivity contribution in [3.63, 3.8) is 0 Å². The number of aromatic nitrogens is 3. The molecule has 0 bridgehead atoms. The molecular formula is C55H39IrN3OSi-2. The van der Waals surface area contributed by atoms with Gasteiger partial charge in [-0.15, -0.1) is 54.1 Å². The number of hydrogen-bond donors (Lipinski definition) is 0. The van der Waals surface area contributed by atoms with E-state index in [9.17, 15) is 0 Å². The minimum atomic E-state index is -1.46. The molecule has 6 heteroatoms. The minimum Gasteiger partial charge on any atom is -0.501 e. The Morgan fingerprint density at radius 3 is 1.95 bits per heavy atom. The van der Waals surface area contributed by atoms with Gasteiger partial charge in [-0.2, -0.15) is 0 Å². The van der Waals surface area contributed by atoms with Crippen molar-refractivity contribution in [1.82, 2.24) is 14.4 Å². The summed E-state index contributed by atoms with van der Waals surface area (Å²) in [6, 6.07) is 68.6. The molecule has 0 saturated carbocycles. The maximum Gasteiger partial charge on any atom is 0.121 e. The first-order chi connectivity index (χ1) is 29.4. The van der Waals surface area contributed by atoms with Crippen LogP contribution >= 0.6 is 0 Å². The zero-order chi connectivity index (χ0) is 40.4. The van der Waals surface area contributed by atoms with Crippen LogP contribution in [0.5, 0.6) is 0 Å². The summed E-state index contributed by atoms with van der Waals surface area (Å²) >= 11 is 0. The number of imidazole rings is 1. The van der Waals surface area contributed by atoms with E-state index >= 15 is 0 Å². The van der Waals surface area contributed by atoms with E-state index in [4.69, 9.17) is 9.40 Å². The summed E-state index contributed by atoms with van der Waals surface area (Å²) in [5.74, 6) is 0.817. The van der Waals surface area contributed by atoms with Gasteiger partial charge in [0.05, 0.1) is 30.5 Å². The van der Waals surface area contributed by atoms with Gasteiger partial charge in [-0.1, -0.05) is 145 Å². The second-order valence-electron chi connectivity index (χ2n) is 16.4. The molecule has 0 atom stereocenters. The molecule has 0 unspecified atom stereocenters. The Balaban J connectivity index is 0.000000296. The number of para-hydroxylation sites is 2. The molecule has 1 radical (unpaired) electrons. The maximum absolute atomic E-state index is 6.82. The van der Waals surface area contributed by atoms with Crippen LogP contribution in [0.1, 0.15) is 0 Å². The Bertz CT molecular complexity index is 3610. The van der Waals surface area contributed by atoms with Crippen molar-refractivity contribution in [2.24, 2.45) is 0 Å². The molecule has 61 heavy (non-hydrogen) atoms. The third kappa shape index (κ3) is 6.65. The normalized spacial score (nSPS) is 11.7. The average Bonchev–Trinajstić information content (AvgIpc) is 3.87. The van der Waals surface area contributed by atoms with E-state index in [0.29, 0.717) is 0 Å². The minimum absolute atomic E-state index is 0. The van der Waals surface area contributed by atoms with Crippen molar-refractivity contribution in [3.05, 3.63) is 194 Å². The molecule has 4 heterocycles. The summed E-state index contributed by atoms with van der Waals surface area (Å²) in [5.41, 5.74) is 7.64. The number of benzene rings is 8. The van der Waals surface area contributed by atoms with Crippen molar-refractivity contribution in [1.29, 1.82) is 0 Å². The van der Waals surface area contributed by atoms with E-state index in [1.54, 1.807) is 6.20 Å². The van der Waals surface area contributed by atoms with Crippen molar-refractivity contribution < 1.29 is 24.5 Å². The van der Waals surface area contributed by atoms with Crippen molar-refractivity contribution >= 4 is 94.8 Å². The molecule has 0 spiro atoms. The largest absolute Gasteiger partial charge is 0.501 e. The zero-order valence-corrected chi connectivity index (χ0v) is 37.3. The zero-order valence-electron chi connectivity index (χ0n) is 33.9. The SMILES string of the molecule is C[Si](C)(C)c1ccc2cc3c(cc2c1)oc1c(-c2nc4cccc5c6ccccc6c6ccccc6c6ccccc6n2c45)[c-]ccc13.[Ir].[c-]1ccccc1-c1ccccn1. The van der Waals surface area contributed by atoms with Crippen LogP contribution in [-0.4, -0.2) is 22.4 Å². The fourth-order valence-corrected chi connectivity index (χ4v) is 9.91. The Hall–Kier alpha value is -6.69.